The quantitative estimate of drug-likeness (QED) is 0.398. The minimum atomic E-state index is -0.346. The van der Waals surface area contributed by atoms with Crippen molar-refractivity contribution in [2.24, 2.45) is 5.73 Å². The average Bonchev–Trinajstić information content (AvgIpc) is 2.74. The summed E-state index contributed by atoms with van der Waals surface area (Å²) in [6.07, 6.45) is 0. The lowest BCUT2D eigenvalue weighted by molar-refractivity contribution is -0.118. The molecule has 4 rings (SSSR count). The molecule has 0 spiro atoms. The molecular weight excluding hydrogens is 412 g/mol. The number of hydrogen-bond donors (Lipinski definition) is 3. The summed E-state index contributed by atoms with van der Waals surface area (Å²) in [5.41, 5.74) is 8.10. The van der Waals surface area contributed by atoms with Gasteiger partial charge in [-0.15, -0.1) is 0 Å². The van der Waals surface area contributed by atoms with Crippen LogP contribution in [0.4, 0.5) is 11.4 Å². The van der Waals surface area contributed by atoms with E-state index in [0.29, 0.717) is 17.1 Å². The first-order valence-electron chi connectivity index (χ1n) is 9.73. The van der Waals surface area contributed by atoms with E-state index in [4.69, 9.17) is 25.4 Å². The highest BCUT2D eigenvalue weighted by Gasteiger charge is 2.26. The number of nitrogen functional groups attached to an aromatic ring is 1. The van der Waals surface area contributed by atoms with Crippen molar-refractivity contribution in [2.45, 2.75) is 6.92 Å². The molecule has 1 aromatic heterocycles. The van der Waals surface area contributed by atoms with Gasteiger partial charge in [-0.3, -0.25) is 10.2 Å². The largest absolute Gasteiger partial charge is 0.466 e. The third-order valence-electron chi connectivity index (χ3n) is 4.67. The fraction of sp³-hybridized carbons (Fsp3) is 0.182. The highest BCUT2D eigenvalue weighted by Crippen LogP contribution is 2.39. The Kier molecular flexibility index (Phi) is 5.50. The first kappa shape index (κ1) is 20.9. The van der Waals surface area contributed by atoms with E-state index in [1.54, 1.807) is 24.3 Å². The molecule has 0 saturated carbocycles. The Morgan fingerprint density at radius 2 is 1.94 bits per heavy atom. The second-order valence-electron chi connectivity index (χ2n) is 7.31. The third-order valence-corrected chi connectivity index (χ3v) is 4.67. The van der Waals surface area contributed by atoms with Crippen molar-refractivity contribution < 1.29 is 19.0 Å². The van der Waals surface area contributed by atoms with Gasteiger partial charge in [-0.05, 0) is 42.8 Å². The van der Waals surface area contributed by atoms with E-state index >= 15 is 0 Å². The SMILES string of the molecule is Cc1cc(Oc2nc(Oc3cccc(N(C)C)c3)nc3c2NC(=O)CO3)ccc1C(=N)N. The normalized spacial score (nSPS) is 12.3. The van der Waals surface area contributed by atoms with Gasteiger partial charge in [-0.1, -0.05) is 6.07 Å². The zero-order valence-electron chi connectivity index (χ0n) is 17.8. The summed E-state index contributed by atoms with van der Waals surface area (Å²) in [6.45, 7) is 1.64. The molecule has 1 amide bonds. The molecule has 0 radical (unpaired) electrons. The number of aromatic nitrogens is 2. The maximum atomic E-state index is 11.9. The lowest BCUT2D eigenvalue weighted by Crippen LogP contribution is -2.26. The van der Waals surface area contributed by atoms with Crippen LogP contribution in [0.1, 0.15) is 11.1 Å². The van der Waals surface area contributed by atoms with Crippen molar-refractivity contribution >= 4 is 23.1 Å². The van der Waals surface area contributed by atoms with Gasteiger partial charge in [0.2, 0.25) is 5.88 Å². The number of carbonyl (C=O) groups excluding carboxylic acids is 1. The molecule has 0 unspecified atom stereocenters. The van der Waals surface area contributed by atoms with Gasteiger partial charge in [0.25, 0.3) is 11.8 Å². The Bertz CT molecular complexity index is 1210. The van der Waals surface area contributed by atoms with Crippen molar-refractivity contribution in [3.63, 3.8) is 0 Å². The molecule has 32 heavy (non-hydrogen) atoms. The van der Waals surface area contributed by atoms with E-state index in [-0.39, 0.29) is 41.8 Å². The number of ether oxygens (including phenoxy) is 3. The summed E-state index contributed by atoms with van der Waals surface area (Å²) in [7, 11) is 3.85. The van der Waals surface area contributed by atoms with Crippen LogP contribution in [0.25, 0.3) is 0 Å². The number of nitrogens with one attached hydrogen (secondary N) is 2. The molecule has 0 aliphatic carbocycles. The standard InChI is InChI=1S/C22H22N6O4/c1-12-9-15(7-8-16(12)19(23)24)31-21-18-20(30-11-17(29)25-18)26-22(27-21)32-14-6-4-5-13(10-14)28(2)3/h4-10H,11H2,1-3H3,(H3,23,24)(H,25,29). The van der Waals surface area contributed by atoms with Crippen LogP contribution in [0.3, 0.4) is 0 Å². The summed E-state index contributed by atoms with van der Waals surface area (Å²) in [4.78, 5) is 22.4. The Balaban J connectivity index is 1.69. The average molecular weight is 434 g/mol. The zero-order chi connectivity index (χ0) is 22.8. The number of amidine groups is 1. The predicted molar refractivity (Wildman–Crippen MR) is 119 cm³/mol. The summed E-state index contributed by atoms with van der Waals surface area (Å²) in [5, 5.41) is 10.3. The first-order valence-corrected chi connectivity index (χ1v) is 9.73. The monoisotopic (exact) mass is 434 g/mol. The summed E-state index contributed by atoms with van der Waals surface area (Å²) < 4.78 is 17.2. The van der Waals surface area contributed by atoms with Crippen LogP contribution in [0.2, 0.25) is 0 Å². The van der Waals surface area contributed by atoms with Gasteiger partial charge in [-0.25, -0.2) is 0 Å². The van der Waals surface area contributed by atoms with Gasteiger partial charge in [0.1, 0.15) is 17.3 Å². The molecule has 2 aromatic carbocycles. The van der Waals surface area contributed by atoms with Gasteiger partial charge in [0.15, 0.2) is 12.3 Å². The molecule has 10 nitrogen and oxygen atoms in total. The Hall–Kier alpha value is -4.34. The van der Waals surface area contributed by atoms with Crippen LogP contribution in [0.5, 0.6) is 29.3 Å². The Morgan fingerprint density at radius 1 is 1.16 bits per heavy atom. The number of amides is 1. The molecular formula is C22H22N6O4. The Labute approximate surface area is 184 Å². The number of nitrogens with two attached hydrogens (primary N) is 1. The van der Waals surface area contributed by atoms with Gasteiger partial charge in [0.05, 0.1) is 0 Å². The van der Waals surface area contributed by atoms with Crippen molar-refractivity contribution in [1.82, 2.24) is 9.97 Å². The van der Waals surface area contributed by atoms with Gasteiger partial charge >= 0.3 is 6.01 Å². The number of nitrogens with zero attached hydrogens (tertiary/aromatic N) is 3. The van der Waals surface area contributed by atoms with Crippen LogP contribution < -0.4 is 30.2 Å². The predicted octanol–water partition coefficient (Wildman–Crippen LogP) is 3.05. The fourth-order valence-electron chi connectivity index (χ4n) is 3.09. The minimum Gasteiger partial charge on any atom is -0.466 e. The van der Waals surface area contributed by atoms with E-state index in [9.17, 15) is 4.79 Å². The highest BCUT2D eigenvalue weighted by atomic mass is 16.5. The number of rotatable bonds is 6. The number of aryl methyl sites for hydroxylation is 1. The van der Waals surface area contributed by atoms with Crippen LogP contribution in [0, 0.1) is 12.3 Å². The molecule has 2 heterocycles. The van der Waals surface area contributed by atoms with Crippen LogP contribution in [-0.4, -0.2) is 42.4 Å². The van der Waals surface area contributed by atoms with Crippen molar-refractivity contribution in [3.8, 4) is 29.3 Å². The number of carbonyl (C=O) groups is 1. The molecule has 0 saturated heterocycles. The summed E-state index contributed by atoms with van der Waals surface area (Å²) >= 11 is 0. The molecule has 10 heteroatoms. The molecule has 0 bridgehead atoms. The molecule has 3 aromatic rings. The lowest BCUT2D eigenvalue weighted by Gasteiger charge is -2.20. The van der Waals surface area contributed by atoms with E-state index < -0.39 is 0 Å². The van der Waals surface area contributed by atoms with Crippen molar-refractivity contribution in [1.29, 1.82) is 5.41 Å². The smallest absolute Gasteiger partial charge is 0.328 e. The Morgan fingerprint density at radius 3 is 2.66 bits per heavy atom. The molecule has 164 valence electrons. The molecule has 0 atom stereocenters. The third kappa shape index (κ3) is 4.38. The molecule has 4 N–H and O–H groups in total. The van der Waals surface area contributed by atoms with Gasteiger partial charge in [0, 0.05) is 31.4 Å². The molecule has 1 aliphatic rings. The highest BCUT2D eigenvalue weighted by molar-refractivity contribution is 5.97. The zero-order valence-corrected chi connectivity index (χ0v) is 17.8. The fourth-order valence-corrected chi connectivity index (χ4v) is 3.09. The van der Waals surface area contributed by atoms with Crippen LogP contribution in [-0.2, 0) is 4.79 Å². The molecule has 0 fully saturated rings. The summed E-state index contributed by atoms with van der Waals surface area (Å²) in [5.74, 6) is 0.797. The molecule has 1 aliphatic heterocycles. The van der Waals surface area contributed by atoms with Crippen LogP contribution >= 0.6 is 0 Å². The van der Waals surface area contributed by atoms with E-state index in [1.165, 1.54) is 0 Å². The van der Waals surface area contributed by atoms with E-state index in [0.717, 1.165) is 11.3 Å². The van der Waals surface area contributed by atoms with Gasteiger partial charge < -0.3 is 30.2 Å². The number of hydrogen-bond acceptors (Lipinski definition) is 8. The topological polar surface area (TPSA) is 136 Å². The van der Waals surface area contributed by atoms with E-state index in [1.807, 2.05) is 44.1 Å². The number of fused-ring (bicyclic) bond motifs is 1. The number of benzene rings is 2. The van der Waals surface area contributed by atoms with Gasteiger partial charge in [-0.2, -0.15) is 9.97 Å². The van der Waals surface area contributed by atoms with Crippen LogP contribution in [0.15, 0.2) is 42.5 Å². The first-order chi connectivity index (χ1) is 15.3. The minimum absolute atomic E-state index is 0.00267. The number of anilines is 2. The summed E-state index contributed by atoms with van der Waals surface area (Å²) in [6, 6.07) is 12.5. The van der Waals surface area contributed by atoms with Crippen molar-refractivity contribution in [2.75, 3.05) is 30.9 Å². The van der Waals surface area contributed by atoms with Crippen molar-refractivity contribution in [3.05, 3.63) is 53.6 Å². The maximum absolute atomic E-state index is 11.9. The second-order valence-corrected chi connectivity index (χ2v) is 7.31. The maximum Gasteiger partial charge on any atom is 0.328 e. The van der Waals surface area contributed by atoms with E-state index in [2.05, 4.69) is 15.3 Å². The lowest BCUT2D eigenvalue weighted by atomic mass is 10.1. The second kappa shape index (κ2) is 8.42.